The number of benzene rings is 3. The number of hydrazone groups is 1. The van der Waals surface area contributed by atoms with Crippen LogP contribution in [0.3, 0.4) is 0 Å². The predicted molar refractivity (Wildman–Crippen MR) is 124 cm³/mol. The van der Waals surface area contributed by atoms with Crippen molar-refractivity contribution in [3.8, 4) is 0 Å². The summed E-state index contributed by atoms with van der Waals surface area (Å²) in [7, 11) is 0. The molecule has 3 aromatic rings. The molecule has 0 radical (unpaired) electrons. The third kappa shape index (κ3) is 4.48. The van der Waals surface area contributed by atoms with Crippen LogP contribution in [0.1, 0.15) is 55.4 Å². The molecule has 1 unspecified atom stereocenters. The van der Waals surface area contributed by atoms with Crippen LogP contribution in [-0.4, -0.2) is 11.3 Å². The normalized spacial score (nSPS) is 16.3. The van der Waals surface area contributed by atoms with Crippen LogP contribution in [0.5, 0.6) is 0 Å². The van der Waals surface area contributed by atoms with Crippen LogP contribution in [0.25, 0.3) is 11.6 Å². The van der Waals surface area contributed by atoms with Crippen LogP contribution >= 0.6 is 0 Å². The van der Waals surface area contributed by atoms with E-state index in [9.17, 15) is 0 Å². The summed E-state index contributed by atoms with van der Waals surface area (Å²) in [4.78, 5) is 0. The lowest BCUT2D eigenvalue weighted by Gasteiger charge is -2.22. The van der Waals surface area contributed by atoms with Gasteiger partial charge in [-0.2, -0.15) is 5.10 Å². The van der Waals surface area contributed by atoms with Gasteiger partial charge in [0, 0.05) is 17.9 Å². The first-order chi connectivity index (χ1) is 14.0. The summed E-state index contributed by atoms with van der Waals surface area (Å²) in [5, 5.41) is 4.87. The molecule has 0 amide bonds. The molecule has 1 atom stereocenters. The summed E-state index contributed by atoms with van der Waals surface area (Å²) in [5.74, 6) is 0.286. The van der Waals surface area contributed by atoms with E-state index in [0.29, 0.717) is 0 Å². The van der Waals surface area contributed by atoms with Crippen molar-refractivity contribution in [1.29, 1.82) is 0 Å². The predicted octanol–water partition coefficient (Wildman–Crippen LogP) is 6.51. The number of hydrogen-bond acceptors (Lipinski definition) is 2. The van der Waals surface area contributed by atoms with Gasteiger partial charge in [-0.3, -0.25) is 0 Å². The van der Waals surface area contributed by atoms with Crippen LogP contribution in [0.2, 0.25) is 0 Å². The van der Waals surface area contributed by atoms with E-state index in [1.807, 2.05) is 0 Å². The molecule has 1 aliphatic carbocycles. The van der Waals surface area contributed by atoms with Crippen LogP contribution in [0.4, 0.5) is 0 Å². The van der Waals surface area contributed by atoms with E-state index in [-0.39, 0.29) is 11.5 Å². The Balaban J connectivity index is 1.74. The van der Waals surface area contributed by atoms with Gasteiger partial charge in [0.2, 0.25) is 0 Å². The number of nitrogens with zero attached hydrogens (tertiary/aromatic N) is 1. The largest absolute Gasteiger partial charge is 0.305 e. The lowest BCUT2D eigenvalue weighted by molar-refractivity contribution is 0.440. The first-order valence-electron chi connectivity index (χ1n) is 10.3. The van der Waals surface area contributed by atoms with Gasteiger partial charge in [0.1, 0.15) is 0 Å². The van der Waals surface area contributed by atoms with Crippen molar-refractivity contribution in [3.63, 3.8) is 0 Å². The second kappa shape index (κ2) is 8.08. The number of fused-ring (bicyclic) bond motifs is 1. The molecular weight excluding hydrogens is 352 g/mol. The maximum absolute atomic E-state index is 4.87. The van der Waals surface area contributed by atoms with Gasteiger partial charge in [0.25, 0.3) is 0 Å². The molecule has 1 N–H and O–H groups in total. The van der Waals surface area contributed by atoms with E-state index in [2.05, 4.69) is 117 Å². The smallest absolute Gasteiger partial charge is 0.0684 e. The van der Waals surface area contributed by atoms with Gasteiger partial charge < -0.3 is 5.43 Å². The molecule has 2 nitrogen and oxygen atoms in total. The van der Waals surface area contributed by atoms with Gasteiger partial charge in [-0.25, -0.2) is 0 Å². The zero-order chi connectivity index (χ0) is 20.3. The van der Waals surface area contributed by atoms with Crippen LogP contribution in [-0.2, 0) is 0 Å². The Labute approximate surface area is 174 Å². The van der Waals surface area contributed by atoms with Gasteiger partial charge in [0.05, 0.1) is 5.71 Å². The quantitative estimate of drug-likeness (QED) is 0.396. The highest BCUT2D eigenvalue weighted by molar-refractivity contribution is 6.04. The van der Waals surface area contributed by atoms with Gasteiger partial charge in [-0.15, -0.1) is 0 Å². The highest BCUT2D eigenvalue weighted by Crippen LogP contribution is 2.44. The summed E-state index contributed by atoms with van der Waals surface area (Å²) in [6, 6.07) is 30.0. The van der Waals surface area contributed by atoms with Crippen molar-refractivity contribution in [3.05, 3.63) is 107 Å². The molecule has 0 heterocycles. The molecular formula is C27H28N2. The van der Waals surface area contributed by atoms with Crippen LogP contribution < -0.4 is 5.43 Å². The number of hydrogen-bond donors (Lipinski definition) is 1. The SMILES string of the molecule is CC(C)(C)NN=C(CC1C(c2ccccc2)=Cc2ccccc21)c1ccccc1. The zero-order valence-corrected chi connectivity index (χ0v) is 17.4. The fourth-order valence-corrected chi connectivity index (χ4v) is 3.82. The van der Waals surface area contributed by atoms with Crippen LogP contribution in [0, 0.1) is 0 Å². The van der Waals surface area contributed by atoms with Gasteiger partial charge in [0.15, 0.2) is 0 Å². The van der Waals surface area contributed by atoms with Crippen molar-refractivity contribution >= 4 is 17.4 Å². The summed E-state index contributed by atoms with van der Waals surface area (Å²) in [6.45, 7) is 6.41. The Morgan fingerprint density at radius 2 is 1.45 bits per heavy atom. The molecule has 0 saturated heterocycles. The van der Waals surface area contributed by atoms with E-state index >= 15 is 0 Å². The van der Waals surface area contributed by atoms with E-state index in [4.69, 9.17) is 5.10 Å². The average Bonchev–Trinajstić information content (AvgIpc) is 3.10. The Bertz CT molecular complexity index is 1020. The molecule has 0 bridgehead atoms. The minimum absolute atomic E-state index is 0.0777. The lowest BCUT2D eigenvalue weighted by atomic mass is 9.85. The van der Waals surface area contributed by atoms with E-state index < -0.39 is 0 Å². The monoisotopic (exact) mass is 380 g/mol. The van der Waals surface area contributed by atoms with Gasteiger partial charge in [-0.1, -0.05) is 91.0 Å². The second-order valence-corrected chi connectivity index (χ2v) is 8.64. The van der Waals surface area contributed by atoms with E-state index in [1.54, 1.807) is 0 Å². The molecule has 146 valence electrons. The number of rotatable bonds is 5. The Hall–Kier alpha value is -3.13. The fraction of sp³-hybridized carbons (Fsp3) is 0.222. The van der Waals surface area contributed by atoms with Crippen LogP contribution in [0.15, 0.2) is 90.0 Å². The van der Waals surface area contributed by atoms with Crippen molar-refractivity contribution in [1.82, 2.24) is 5.43 Å². The molecule has 0 aromatic heterocycles. The van der Waals surface area contributed by atoms with E-state index in [0.717, 1.165) is 12.1 Å². The molecule has 0 fully saturated rings. The molecule has 4 rings (SSSR count). The highest BCUT2D eigenvalue weighted by Gasteiger charge is 2.28. The molecule has 3 aromatic carbocycles. The average molecular weight is 381 g/mol. The standard InChI is InChI=1S/C27H28N2/c1-27(2,3)29-28-26(21-14-8-5-9-15-21)19-25-23-17-11-10-16-22(23)18-24(25)20-12-6-4-7-13-20/h4-18,25,29H,19H2,1-3H3. The minimum atomic E-state index is -0.0777. The minimum Gasteiger partial charge on any atom is -0.305 e. The molecule has 0 saturated carbocycles. The first kappa shape index (κ1) is 19.2. The van der Waals surface area contributed by atoms with Crippen molar-refractivity contribution in [2.24, 2.45) is 5.10 Å². The van der Waals surface area contributed by atoms with Crippen molar-refractivity contribution in [2.75, 3.05) is 0 Å². The van der Waals surface area contributed by atoms with E-state index in [1.165, 1.54) is 27.8 Å². The number of allylic oxidation sites excluding steroid dienone is 1. The van der Waals surface area contributed by atoms with Gasteiger partial charge in [-0.05, 0) is 48.6 Å². The first-order valence-corrected chi connectivity index (χ1v) is 10.3. The second-order valence-electron chi connectivity index (χ2n) is 8.64. The molecule has 1 aliphatic rings. The third-order valence-corrected chi connectivity index (χ3v) is 5.20. The third-order valence-electron chi connectivity index (χ3n) is 5.20. The maximum Gasteiger partial charge on any atom is 0.0684 e. The lowest BCUT2D eigenvalue weighted by Crippen LogP contribution is -2.32. The topological polar surface area (TPSA) is 24.4 Å². The molecule has 2 heteroatoms. The Kier molecular flexibility index (Phi) is 5.35. The zero-order valence-electron chi connectivity index (χ0n) is 17.4. The Morgan fingerprint density at radius 1 is 0.828 bits per heavy atom. The fourth-order valence-electron chi connectivity index (χ4n) is 3.82. The Morgan fingerprint density at radius 3 is 2.14 bits per heavy atom. The summed E-state index contributed by atoms with van der Waals surface area (Å²) >= 11 is 0. The summed E-state index contributed by atoms with van der Waals surface area (Å²) in [5.41, 5.74) is 10.9. The van der Waals surface area contributed by atoms with Gasteiger partial charge >= 0.3 is 0 Å². The summed E-state index contributed by atoms with van der Waals surface area (Å²) < 4.78 is 0. The number of nitrogens with one attached hydrogen (secondary N) is 1. The highest BCUT2D eigenvalue weighted by atomic mass is 15.3. The molecule has 29 heavy (non-hydrogen) atoms. The van der Waals surface area contributed by atoms with Crippen molar-refractivity contribution in [2.45, 2.75) is 38.6 Å². The van der Waals surface area contributed by atoms with Crippen molar-refractivity contribution < 1.29 is 0 Å². The summed E-state index contributed by atoms with van der Waals surface area (Å²) in [6.07, 6.45) is 3.19. The molecule has 0 spiro atoms. The molecule has 0 aliphatic heterocycles. The maximum atomic E-state index is 4.87.